The minimum absolute atomic E-state index is 0.152. The summed E-state index contributed by atoms with van der Waals surface area (Å²) in [6.07, 6.45) is 6.55. The molecule has 1 aliphatic rings. The Kier molecular flexibility index (Phi) is 4.90. The van der Waals surface area contributed by atoms with Gasteiger partial charge in [0.1, 0.15) is 0 Å². The number of nitrogens with zero attached hydrogens (tertiary/aromatic N) is 1. The number of ketones is 1. The summed E-state index contributed by atoms with van der Waals surface area (Å²) in [6, 6.07) is 15.1. The Balaban J connectivity index is 2.08. The number of aromatic nitrogens is 1. The molecule has 4 rings (SSSR count). The van der Waals surface area contributed by atoms with Crippen LogP contribution in [0.25, 0.3) is 22.2 Å². The number of rotatable bonds is 4. The molecule has 0 saturated heterocycles. The van der Waals surface area contributed by atoms with Crippen molar-refractivity contribution in [1.82, 2.24) is 4.57 Å². The van der Waals surface area contributed by atoms with E-state index in [2.05, 4.69) is 54.8 Å². The van der Waals surface area contributed by atoms with Crippen LogP contribution in [0.15, 0.2) is 42.5 Å². The van der Waals surface area contributed by atoms with Gasteiger partial charge in [0.05, 0.1) is 11.2 Å². The lowest BCUT2D eigenvalue weighted by atomic mass is 9.81. The summed E-state index contributed by atoms with van der Waals surface area (Å²) in [5.41, 5.74) is 7.40. The zero-order chi connectivity index (χ0) is 19.0. The highest BCUT2D eigenvalue weighted by molar-refractivity contribution is 6.03. The smallest absolute Gasteiger partial charge is 0.160 e. The maximum Gasteiger partial charge on any atom is 0.160 e. The minimum Gasteiger partial charge on any atom is -0.340 e. The number of Topliss-reactive ketones (excluding diaryl/α,β-unsaturated/α-hetero) is 1. The zero-order valence-electron chi connectivity index (χ0n) is 16.7. The third kappa shape index (κ3) is 3.01. The molecule has 2 aromatic carbocycles. The van der Waals surface area contributed by atoms with Gasteiger partial charge in [0.25, 0.3) is 0 Å². The SMILES string of the molecule is CCn1c(-c2ccccc2)c(C2CCCCC2)c2ccc(C(C)=O)c(C)c21. The van der Waals surface area contributed by atoms with Crippen LogP contribution >= 0.6 is 0 Å². The van der Waals surface area contributed by atoms with Crippen molar-refractivity contribution >= 4 is 16.7 Å². The van der Waals surface area contributed by atoms with Crippen LogP contribution in [0.5, 0.6) is 0 Å². The van der Waals surface area contributed by atoms with Gasteiger partial charge in [-0.3, -0.25) is 4.79 Å². The number of carbonyl (C=O) groups is 1. The van der Waals surface area contributed by atoms with E-state index in [-0.39, 0.29) is 5.78 Å². The molecule has 2 heteroatoms. The van der Waals surface area contributed by atoms with Gasteiger partial charge in [-0.1, -0.05) is 61.7 Å². The number of benzene rings is 2. The first kappa shape index (κ1) is 18.0. The van der Waals surface area contributed by atoms with Gasteiger partial charge in [-0.05, 0) is 56.2 Å². The van der Waals surface area contributed by atoms with Crippen molar-refractivity contribution in [2.45, 2.75) is 65.3 Å². The largest absolute Gasteiger partial charge is 0.340 e. The van der Waals surface area contributed by atoms with E-state index in [1.54, 1.807) is 6.92 Å². The lowest BCUT2D eigenvalue weighted by Crippen LogP contribution is -2.06. The van der Waals surface area contributed by atoms with Gasteiger partial charge in [-0.15, -0.1) is 0 Å². The summed E-state index contributed by atoms with van der Waals surface area (Å²) in [5, 5.41) is 1.35. The normalized spacial score (nSPS) is 15.4. The molecule has 0 amide bonds. The van der Waals surface area contributed by atoms with Crippen molar-refractivity contribution in [3.8, 4) is 11.3 Å². The van der Waals surface area contributed by atoms with Crippen molar-refractivity contribution in [3.05, 3.63) is 59.2 Å². The van der Waals surface area contributed by atoms with Crippen LogP contribution in [0.2, 0.25) is 0 Å². The van der Waals surface area contributed by atoms with Crippen molar-refractivity contribution < 1.29 is 4.79 Å². The van der Waals surface area contributed by atoms with E-state index in [9.17, 15) is 4.79 Å². The van der Waals surface area contributed by atoms with Crippen molar-refractivity contribution in [1.29, 1.82) is 0 Å². The third-order valence-electron chi connectivity index (χ3n) is 6.27. The van der Waals surface area contributed by atoms with E-state index in [0.717, 1.165) is 17.7 Å². The molecule has 0 radical (unpaired) electrons. The summed E-state index contributed by atoms with van der Waals surface area (Å²) >= 11 is 0. The number of hydrogen-bond donors (Lipinski definition) is 0. The molecule has 0 unspecified atom stereocenters. The maximum atomic E-state index is 12.2. The highest BCUT2D eigenvalue weighted by atomic mass is 16.1. The molecular formula is C25H29NO. The highest BCUT2D eigenvalue weighted by Gasteiger charge is 2.27. The van der Waals surface area contributed by atoms with E-state index in [1.807, 2.05) is 6.07 Å². The monoisotopic (exact) mass is 359 g/mol. The van der Waals surface area contributed by atoms with Crippen LogP contribution in [-0.4, -0.2) is 10.4 Å². The third-order valence-corrected chi connectivity index (χ3v) is 6.27. The molecule has 0 spiro atoms. The second-order valence-electron chi connectivity index (χ2n) is 7.90. The van der Waals surface area contributed by atoms with Crippen LogP contribution in [0.3, 0.4) is 0 Å². The van der Waals surface area contributed by atoms with Gasteiger partial charge in [-0.25, -0.2) is 0 Å². The Morgan fingerprint density at radius 3 is 2.37 bits per heavy atom. The Morgan fingerprint density at radius 2 is 1.74 bits per heavy atom. The molecule has 0 bridgehead atoms. The van der Waals surface area contributed by atoms with Gasteiger partial charge in [0, 0.05) is 17.5 Å². The maximum absolute atomic E-state index is 12.2. The number of fused-ring (bicyclic) bond motifs is 1. The summed E-state index contributed by atoms with van der Waals surface area (Å²) in [4.78, 5) is 12.2. The van der Waals surface area contributed by atoms with Gasteiger partial charge in [-0.2, -0.15) is 0 Å². The van der Waals surface area contributed by atoms with Gasteiger partial charge < -0.3 is 4.57 Å². The number of carbonyl (C=O) groups excluding carboxylic acids is 1. The molecule has 1 heterocycles. The molecule has 1 fully saturated rings. The van der Waals surface area contributed by atoms with Crippen molar-refractivity contribution in [2.24, 2.45) is 0 Å². The fraction of sp³-hybridized carbons (Fsp3) is 0.400. The van der Waals surface area contributed by atoms with Gasteiger partial charge >= 0.3 is 0 Å². The first-order valence-electron chi connectivity index (χ1n) is 10.4. The van der Waals surface area contributed by atoms with Crippen molar-refractivity contribution in [2.75, 3.05) is 0 Å². The summed E-state index contributed by atoms with van der Waals surface area (Å²) in [7, 11) is 0. The molecule has 140 valence electrons. The Morgan fingerprint density at radius 1 is 1.04 bits per heavy atom. The average Bonchev–Trinajstić information content (AvgIpc) is 3.04. The van der Waals surface area contributed by atoms with Crippen LogP contribution in [0.4, 0.5) is 0 Å². The molecule has 1 aliphatic carbocycles. The highest BCUT2D eigenvalue weighted by Crippen LogP contribution is 2.45. The quantitative estimate of drug-likeness (QED) is 0.465. The molecule has 1 aromatic heterocycles. The lowest BCUT2D eigenvalue weighted by Gasteiger charge is -2.23. The van der Waals surface area contributed by atoms with Crippen LogP contribution < -0.4 is 0 Å². The molecule has 3 aromatic rings. The molecule has 0 N–H and O–H groups in total. The van der Waals surface area contributed by atoms with Crippen LogP contribution in [0.1, 0.15) is 73.4 Å². The first-order chi connectivity index (χ1) is 13.1. The van der Waals surface area contributed by atoms with E-state index >= 15 is 0 Å². The van der Waals surface area contributed by atoms with Gasteiger partial charge in [0.2, 0.25) is 0 Å². The van der Waals surface area contributed by atoms with Crippen molar-refractivity contribution in [3.63, 3.8) is 0 Å². The fourth-order valence-corrected chi connectivity index (χ4v) is 5.06. The number of hydrogen-bond acceptors (Lipinski definition) is 1. The molecule has 1 saturated carbocycles. The summed E-state index contributed by atoms with van der Waals surface area (Å²) in [5.74, 6) is 0.769. The zero-order valence-corrected chi connectivity index (χ0v) is 16.7. The number of aryl methyl sites for hydroxylation is 2. The van der Waals surface area contributed by atoms with Crippen LogP contribution in [0, 0.1) is 6.92 Å². The van der Waals surface area contributed by atoms with E-state index < -0.39 is 0 Å². The van der Waals surface area contributed by atoms with E-state index in [4.69, 9.17) is 0 Å². The average molecular weight is 360 g/mol. The molecule has 27 heavy (non-hydrogen) atoms. The Bertz CT molecular complexity index is 975. The summed E-state index contributed by atoms with van der Waals surface area (Å²) in [6.45, 7) is 6.92. The lowest BCUT2D eigenvalue weighted by molar-refractivity contribution is 0.101. The molecule has 0 atom stereocenters. The summed E-state index contributed by atoms with van der Waals surface area (Å²) < 4.78 is 2.45. The fourth-order valence-electron chi connectivity index (χ4n) is 5.06. The predicted molar refractivity (Wildman–Crippen MR) is 114 cm³/mol. The molecule has 0 aliphatic heterocycles. The first-order valence-corrected chi connectivity index (χ1v) is 10.4. The molecular weight excluding hydrogens is 330 g/mol. The molecule has 2 nitrogen and oxygen atoms in total. The second-order valence-corrected chi connectivity index (χ2v) is 7.90. The minimum atomic E-state index is 0.152. The van der Waals surface area contributed by atoms with E-state index in [1.165, 1.54) is 59.8 Å². The van der Waals surface area contributed by atoms with Crippen LogP contribution in [-0.2, 0) is 6.54 Å². The van der Waals surface area contributed by atoms with E-state index in [0.29, 0.717) is 5.92 Å². The van der Waals surface area contributed by atoms with Gasteiger partial charge in [0.15, 0.2) is 5.78 Å². The standard InChI is InChI=1S/C25H29NO/c1-4-26-24-17(2)21(18(3)27)15-16-22(24)23(19-11-7-5-8-12-19)25(26)20-13-9-6-10-14-20/h6,9-10,13-16,19H,4-5,7-8,11-12H2,1-3H3. The second kappa shape index (κ2) is 7.34. The Labute approximate surface area is 162 Å². The topological polar surface area (TPSA) is 22.0 Å². The Hall–Kier alpha value is -2.35. The predicted octanol–water partition coefficient (Wildman–Crippen LogP) is 6.89.